The number of piperidine rings is 2. The van der Waals surface area contributed by atoms with Crippen LogP contribution in [0, 0.1) is 5.92 Å². The van der Waals surface area contributed by atoms with E-state index in [0.29, 0.717) is 38.9 Å². The second-order valence-corrected chi connectivity index (χ2v) is 8.78. The Labute approximate surface area is 142 Å². The molecule has 2 aliphatic rings. The summed E-state index contributed by atoms with van der Waals surface area (Å²) in [6.07, 6.45) is 5.72. The Balaban J connectivity index is 1.68. The molecule has 1 aromatic rings. The van der Waals surface area contributed by atoms with Crippen LogP contribution in [0.1, 0.15) is 18.4 Å². The lowest BCUT2D eigenvalue weighted by Gasteiger charge is -2.49. The van der Waals surface area contributed by atoms with E-state index in [-0.39, 0.29) is 18.4 Å². The van der Waals surface area contributed by atoms with Gasteiger partial charge in [0.2, 0.25) is 15.9 Å². The summed E-state index contributed by atoms with van der Waals surface area (Å²) in [7, 11) is -3.28. The quantitative estimate of drug-likeness (QED) is 0.817. The highest BCUT2D eigenvalue weighted by Gasteiger charge is 2.47. The molecule has 2 atom stereocenters. The normalized spacial score (nSPS) is 28.4. The number of nitrogens with zero attached hydrogens (tertiary/aromatic N) is 3. The molecule has 0 saturated carbocycles. The summed E-state index contributed by atoms with van der Waals surface area (Å²) in [5.41, 5.74) is 0.0338. The smallest absolute Gasteiger partial charge is 0.227 e. The van der Waals surface area contributed by atoms with Gasteiger partial charge in [-0.15, -0.1) is 0 Å². The number of carbonyl (C=O) groups excluding carboxylic acids is 1. The fourth-order valence-electron chi connectivity index (χ4n) is 3.59. The van der Waals surface area contributed by atoms with E-state index in [4.69, 9.17) is 0 Å². The molecule has 3 rings (SSSR count). The van der Waals surface area contributed by atoms with Crippen LogP contribution >= 0.6 is 0 Å². The van der Waals surface area contributed by atoms with Crippen LogP contribution in [-0.4, -0.2) is 71.7 Å². The molecule has 1 amide bonds. The van der Waals surface area contributed by atoms with E-state index in [0.717, 1.165) is 5.56 Å². The van der Waals surface area contributed by atoms with E-state index in [2.05, 4.69) is 4.98 Å². The van der Waals surface area contributed by atoms with Crippen molar-refractivity contribution in [3.05, 3.63) is 30.1 Å². The number of carbonyl (C=O) groups is 1. The molecule has 0 unspecified atom stereocenters. The maximum absolute atomic E-state index is 12.5. The minimum atomic E-state index is -3.28. The monoisotopic (exact) mass is 353 g/mol. The average molecular weight is 353 g/mol. The van der Waals surface area contributed by atoms with Crippen molar-refractivity contribution in [2.75, 3.05) is 32.4 Å². The number of fused-ring (bicyclic) bond motifs is 1. The lowest BCUT2D eigenvalue weighted by molar-refractivity contribution is -0.143. The molecule has 7 nitrogen and oxygen atoms in total. The third kappa shape index (κ3) is 3.60. The highest BCUT2D eigenvalue weighted by Crippen LogP contribution is 2.36. The number of aromatic nitrogens is 1. The fraction of sp³-hybridized carbons (Fsp3) is 0.625. The lowest BCUT2D eigenvalue weighted by atomic mass is 9.76. The molecule has 0 radical (unpaired) electrons. The maximum Gasteiger partial charge on any atom is 0.227 e. The number of aliphatic hydroxyl groups is 1. The Kier molecular flexibility index (Phi) is 4.63. The number of sulfonamides is 1. The summed E-state index contributed by atoms with van der Waals surface area (Å²) < 4.78 is 25.0. The van der Waals surface area contributed by atoms with Gasteiger partial charge in [0, 0.05) is 44.5 Å². The number of pyridine rings is 1. The molecule has 8 heteroatoms. The van der Waals surface area contributed by atoms with Gasteiger partial charge >= 0.3 is 0 Å². The first-order valence-electron chi connectivity index (χ1n) is 8.12. The number of hydrogen-bond acceptors (Lipinski definition) is 5. The summed E-state index contributed by atoms with van der Waals surface area (Å²) in [5.74, 6) is -0.240. The molecule has 1 aromatic heterocycles. The Hall–Kier alpha value is -1.51. The van der Waals surface area contributed by atoms with Gasteiger partial charge in [0.05, 0.1) is 18.3 Å². The van der Waals surface area contributed by atoms with Crippen LogP contribution in [0.3, 0.4) is 0 Å². The second-order valence-electron chi connectivity index (χ2n) is 6.79. The van der Waals surface area contributed by atoms with Crippen molar-refractivity contribution in [1.82, 2.24) is 14.2 Å². The van der Waals surface area contributed by atoms with Gasteiger partial charge in [-0.2, -0.15) is 0 Å². The Morgan fingerprint density at radius 2 is 1.96 bits per heavy atom. The first-order chi connectivity index (χ1) is 11.3. The van der Waals surface area contributed by atoms with E-state index in [1.165, 1.54) is 10.6 Å². The summed E-state index contributed by atoms with van der Waals surface area (Å²) in [6.45, 7) is 1.52. The number of hydrogen-bond donors (Lipinski definition) is 1. The summed E-state index contributed by atoms with van der Waals surface area (Å²) in [4.78, 5) is 18.2. The number of rotatable bonds is 3. The van der Waals surface area contributed by atoms with Crippen molar-refractivity contribution in [2.45, 2.75) is 24.9 Å². The van der Waals surface area contributed by atoms with Crippen molar-refractivity contribution in [1.29, 1.82) is 0 Å². The zero-order valence-electron chi connectivity index (χ0n) is 13.8. The van der Waals surface area contributed by atoms with Crippen LogP contribution < -0.4 is 0 Å². The van der Waals surface area contributed by atoms with Gasteiger partial charge in [0.25, 0.3) is 0 Å². The molecule has 2 fully saturated rings. The van der Waals surface area contributed by atoms with Crippen LogP contribution in [-0.2, 0) is 21.2 Å². The predicted molar refractivity (Wildman–Crippen MR) is 88.6 cm³/mol. The summed E-state index contributed by atoms with van der Waals surface area (Å²) in [5, 5.41) is 10.8. The Bertz CT molecular complexity index is 709. The minimum absolute atomic E-state index is 0.000251. The van der Waals surface area contributed by atoms with Crippen molar-refractivity contribution < 1.29 is 18.3 Å². The molecule has 24 heavy (non-hydrogen) atoms. The first-order valence-corrected chi connectivity index (χ1v) is 9.97. The largest absolute Gasteiger partial charge is 0.389 e. The molecule has 2 aliphatic heterocycles. The molecule has 132 valence electrons. The minimum Gasteiger partial charge on any atom is -0.389 e. The fourth-order valence-corrected chi connectivity index (χ4v) is 4.46. The van der Waals surface area contributed by atoms with Crippen molar-refractivity contribution in [3.63, 3.8) is 0 Å². The zero-order valence-corrected chi connectivity index (χ0v) is 14.6. The molecule has 0 bridgehead atoms. The first kappa shape index (κ1) is 17.3. The van der Waals surface area contributed by atoms with Crippen LogP contribution in [0.5, 0.6) is 0 Å². The standard InChI is InChI=1S/C16H23N3O4S/c1-24(22,23)19-9-5-16(21)4-8-18(11-14(16)12-19)15(20)10-13-2-6-17-7-3-13/h2-3,6-7,14,21H,4-5,8-12H2,1H3/t14-,16-/m0/s1. The maximum atomic E-state index is 12.5. The molecule has 3 heterocycles. The molecule has 2 saturated heterocycles. The van der Waals surface area contributed by atoms with Gasteiger partial charge < -0.3 is 10.0 Å². The molecule has 0 aliphatic carbocycles. The molecule has 0 spiro atoms. The van der Waals surface area contributed by atoms with Crippen LogP contribution in [0.25, 0.3) is 0 Å². The highest BCUT2D eigenvalue weighted by atomic mass is 32.2. The van der Waals surface area contributed by atoms with Gasteiger partial charge in [-0.05, 0) is 30.5 Å². The average Bonchev–Trinajstić information content (AvgIpc) is 2.53. The number of amides is 1. The molecular formula is C16H23N3O4S. The van der Waals surface area contributed by atoms with E-state index in [1.54, 1.807) is 17.3 Å². The third-order valence-electron chi connectivity index (χ3n) is 5.16. The lowest BCUT2D eigenvalue weighted by Crippen LogP contribution is -2.61. The Morgan fingerprint density at radius 1 is 1.29 bits per heavy atom. The van der Waals surface area contributed by atoms with Crippen LogP contribution in [0.2, 0.25) is 0 Å². The highest BCUT2D eigenvalue weighted by molar-refractivity contribution is 7.88. The van der Waals surface area contributed by atoms with E-state index in [9.17, 15) is 18.3 Å². The van der Waals surface area contributed by atoms with Gasteiger partial charge in [-0.3, -0.25) is 9.78 Å². The zero-order chi connectivity index (χ0) is 17.4. The van der Waals surface area contributed by atoms with Gasteiger partial charge in [0.1, 0.15) is 0 Å². The third-order valence-corrected chi connectivity index (χ3v) is 6.43. The second kappa shape index (κ2) is 6.42. The van der Waals surface area contributed by atoms with E-state index in [1.807, 2.05) is 12.1 Å². The van der Waals surface area contributed by atoms with Gasteiger partial charge in [-0.1, -0.05) is 0 Å². The van der Waals surface area contributed by atoms with Gasteiger partial charge in [-0.25, -0.2) is 12.7 Å². The summed E-state index contributed by atoms with van der Waals surface area (Å²) in [6, 6.07) is 3.62. The summed E-state index contributed by atoms with van der Waals surface area (Å²) >= 11 is 0. The van der Waals surface area contributed by atoms with Crippen molar-refractivity contribution in [2.24, 2.45) is 5.92 Å². The van der Waals surface area contributed by atoms with Crippen molar-refractivity contribution >= 4 is 15.9 Å². The predicted octanol–water partition coefficient (Wildman–Crippen LogP) is -0.131. The Morgan fingerprint density at radius 3 is 2.62 bits per heavy atom. The number of likely N-dealkylation sites (tertiary alicyclic amines) is 1. The molecule has 0 aromatic carbocycles. The molecule has 1 N–H and O–H groups in total. The topological polar surface area (TPSA) is 90.8 Å². The van der Waals surface area contributed by atoms with Gasteiger partial charge in [0.15, 0.2) is 0 Å². The van der Waals surface area contributed by atoms with E-state index < -0.39 is 15.6 Å². The molecular weight excluding hydrogens is 330 g/mol. The van der Waals surface area contributed by atoms with E-state index >= 15 is 0 Å². The SMILES string of the molecule is CS(=O)(=O)N1CC[C@@]2(O)CCN(C(=O)Cc3ccncc3)C[C@H]2C1. The van der Waals surface area contributed by atoms with Crippen LogP contribution in [0.15, 0.2) is 24.5 Å². The van der Waals surface area contributed by atoms with Crippen molar-refractivity contribution in [3.8, 4) is 0 Å². The van der Waals surface area contributed by atoms with Crippen LogP contribution in [0.4, 0.5) is 0 Å².